The van der Waals surface area contributed by atoms with Crippen LogP contribution in [-0.2, 0) is 16.1 Å². The number of nitrogens with one attached hydrogen (secondary N) is 1. The summed E-state index contributed by atoms with van der Waals surface area (Å²) in [4.78, 5) is 29.4. The highest BCUT2D eigenvalue weighted by atomic mass is 19.1. The molecule has 4 aromatic rings. The highest BCUT2D eigenvalue weighted by Crippen LogP contribution is 2.37. The Kier molecular flexibility index (Phi) is 7.72. The van der Waals surface area contributed by atoms with Crippen molar-refractivity contribution in [2.24, 2.45) is 0 Å². The fourth-order valence-corrected chi connectivity index (χ4v) is 5.10. The second-order valence-electron chi connectivity index (χ2n) is 9.45. The molecule has 1 N–H and O–H groups in total. The lowest BCUT2D eigenvalue weighted by Gasteiger charge is -2.33. The molecule has 202 valence electrons. The summed E-state index contributed by atoms with van der Waals surface area (Å²) in [7, 11) is 2.99. The van der Waals surface area contributed by atoms with E-state index in [-0.39, 0.29) is 18.3 Å². The summed E-state index contributed by atoms with van der Waals surface area (Å²) in [6.07, 6.45) is 3.69. The molecule has 39 heavy (non-hydrogen) atoms. The van der Waals surface area contributed by atoms with Crippen LogP contribution in [0.25, 0.3) is 11.0 Å². The molecule has 3 aromatic carbocycles. The summed E-state index contributed by atoms with van der Waals surface area (Å²) in [5, 5.41) is 11.4. The topological polar surface area (TPSA) is 98.6 Å². The maximum atomic E-state index is 15.4. The first kappa shape index (κ1) is 26.1. The van der Waals surface area contributed by atoms with E-state index in [9.17, 15) is 9.59 Å². The Labute approximate surface area is 225 Å². The van der Waals surface area contributed by atoms with Gasteiger partial charge in [0.25, 0.3) is 0 Å². The average molecular weight is 532 g/mol. The largest absolute Gasteiger partial charge is 0.497 e. The zero-order valence-electron chi connectivity index (χ0n) is 21.8. The van der Waals surface area contributed by atoms with E-state index in [2.05, 4.69) is 15.6 Å². The van der Waals surface area contributed by atoms with Gasteiger partial charge in [0.2, 0.25) is 11.8 Å². The Morgan fingerprint density at radius 2 is 1.79 bits per heavy atom. The van der Waals surface area contributed by atoms with Gasteiger partial charge in [-0.2, -0.15) is 0 Å². The number of para-hydroxylation sites is 2. The van der Waals surface area contributed by atoms with E-state index in [4.69, 9.17) is 9.47 Å². The minimum Gasteiger partial charge on any atom is -0.497 e. The van der Waals surface area contributed by atoms with Gasteiger partial charge in [-0.15, -0.1) is 5.10 Å². The molecular formula is C29H30FN5O4. The molecule has 0 bridgehead atoms. The molecule has 0 saturated heterocycles. The third-order valence-corrected chi connectivity index (χ3v) is 7.03. The van der Waals surface area contributed by atoms with Gasteiger partial charge in [0.1, 0.15) is 35.4 Å². The molecule has 0 aliphatic heterocycles. The highest BCUT2D eigenvalue weighted by molar-refractivity contribution is 6.02. The number of aromatic nitrogens is 3. The van der Waals surface area contributed by atoms with Gasteiger partial charge in [0.05, 0.1) is 25.4 Å². The van der Waals surface area contributed by atoms with Gasteiger partial charge in [0.15, 0.2) is 0 Å². The highest BCUT2D eigenvalue weighted by Gasteiger charge is 2.37. The van der Waals surface area contributed by atoms with Crippen LogP contribution in [-0.4, -0.2) is 47.1 Å². The number of halogens is 1. The maximum absolute atomic E-state index is 15.4. The van der Waals surface area contributed by atoms with Crippen LogP contribution in [0.5, 0.6) is 11.5 Å². The van der Waals surface area contributed by atoms with Crippen LogP contribution in [0, 0.1) is 5.82 Å². The molecule has 1 atom stereocenters. The molecule has 0 spiro atoms. The molecule has 1 aromatic heterocycles. The standard InChI is InChI=1S/C29H30FN5O4/c1-38-20-15-16-26(39-2)21(17-20)28(29(37)31-19-9-3-4-10-19)35(24-13-7-5-11-22(24)30)27(36)18-34-25-14-8-6-12-23(25)32-33-34/h5-8,11-17,19,28H,3-4,9-10,18H2,1-2H3,(H,31,37)/t28-/m0/s1. The number of rotatable bonds is 9. The number of ether oxygens (including phenoxy) is 2. The van der Waals surface area contributed by atoms with Crippen molar-refractivity contribution in [1.82, 2.24) is 20.3 Å². The van der Waals surface area contributed by atoms with Crippen LogP contribution < -0.4 is 19.7 Å². The molecule has 1 saturated carbocycles. The number of methoxy groups -OCH3 is 2. The molecule has 9 nitrogen and oxygen atoms in total. The number of carbonyl (C=O) groups excluding carboxylic acids is 2. The lowest BCUT2D eigenvalue weighted by molar-refractivity contribution is -0.127. The van der Waals surface area contributed by atoms with Crippen molar-refractivity contribution in [2.45, 2.75) is 44.3 Å². The lowest BCUT2D eigenvalue weighted by atomic mass is 10.00. The number of fused-ring (bicyclic) bond motifs is 1. The van der Waals surface area contributed by atoms with E-state index in [1.807, 2.05) is 12.1 Å². The molecule has 10 heteroatoms. The normalized spacial score (nSPS) is 14.2. The predicted octanol–water partition coefficient (Wildman–Crippen LogP) is 4.42. The average Bonchev–Trinajstić information content (AvgIpc) is 3.62. The van der Waals surface area contributed by atoms with Gasteiger partial charge in [-0.05, 0) is 55.3 Å². The SMILES string of the molecule is COc1ccc(OC)c([C@@H](C(=O)NC2CCCC2)N(C(=O)Cn2nnc3ccccc32)c2ccccc2F)c1. The molecule has 0 radical (unpaired) electrons. The van der Waals surface area contributed by atoms with E-state index in [1.54, 1.807) is 36.4 Å². The third kappa shape index (κ3) is 5.41. The Bertz CT molecular complexity index is 1480. The molecule has 5 rings (SSSR count). The van der Waals surface area contributed by atoms with Gasteiger partial charge < -0.3 is 14.8 Å². The molecule has 1 heterocycles. The van der Waals surface area contributed by atoms with E-state index < -0.39 is 23.7 Å². The lowest BCUT2D eigenvalue weighted by Crippen LogP contribution is -2.47. The summed E-state index contributed by atoms with van der Waals surface area (Å²) in [6.45, 7) is -0.270. The summed E-state index contributed by atoms with van der Waals surface area (Å²) < 4.78 is 27.9. The molecule has 0 unspecified atom stereocenters. The summed E-state index contributed by atoms with van der Waals surface area (Å²) in [6, 6.07) is 16.8. The zero-order valence-corrected chi connectivity index (χ0v) is 21.8. The maximum Gasteiger partial charge on any atom is 0.249 e. The van der Waals surface area contributed by atoms with Crippen molar-refractivity contribution in [1.29, 1.82) is 0 Å². The van der Waals surface area contributed by atoms with Gasteiger partial charge >= 0.3 is 0 Å². The van der Waals surface area contributed by atoms with Crippen LogP contribution in [0.2, 0.25) is 0 Å². The van der Waals surface area contributed by atoms with E-state index in [0.717, 1.165) is 25.7 Å². The number of benzene rings is 3. The van der Waals surface area contributed by atoms with Crippen LogP contribution in [0.15, 0.2) is 66.7 Å². The predicted molar refractivity (Wildman–Crippen MR) is 144 cm³/mol. The minimum atomic E-state index is -1.25. The first-order valence-electron chi connectivity index (χ1n) is 12.9. The Hall–Kier alpha value is -4.47. The molecule has 1 aliphatic rings. The fourth-order valence-electron chi connectivity index (χ4n) is 5.10. The van der Waals surface area contributed by atoms with Crippen molar-refractivity contribution in [3.05, 3.63) is 78.1 Å². The first-order chi connectivity index (χ1) is 19.0. The van der Waals surface area contributed by atoms with Crippen LogP contribution >= 0.6 is 0 Å². The molecule has 2 amide bonds. The number of nitrogens with zero attached hydrogens (tertiary/aromatic N) is 4. The monoisotopic (exact) mass is 531 g/mol. The number of hydrogen-bond acceptors (Lipinski definition) is 6. The smallest absolute Gasteiger partial charge is 0.249 e. The quantitative estimate of drug-likeness (QED) is 0.343. The summed E-state index contributed by atoms with van der Waals surface area (Å²) >= 11 is 0. The number of anilines is 1. The van der Waals surface area contributed by atoms with Crippen LogP contribution in [0.4, 0.5) is 10.1 Å². The van der Waals surface area contributed by atoms with Crippen molar-refractivity contribution in [2.75, 3.05) is 19.1 Å². The van der Waals surface area contributed by atoms with E-state index >= 15 is 4.39 Å². The van der Waals surface area contributed by atoms with Crippen molar-refractivity contribution in [3.63, 3.8) is 0 Å². The number of hydrogen-bond donors (Lipinski definition) is 1. The summed E-state index contributed by atoms with van der Waals surface area (Å²) in [5.41, 5.74) is 1.59. The molecule has 1 fully saturated rings. The Morgan fingerprint density at radius 1 is 1.05 bits per heavy atom. The van der Waals surface area contributed by atoms with Crippen molar-refractivity contribution in [3.8, 4) is 11.5 Å². The van der Waals surface area contributed by atoms with Gasteiger partial charge in [0, 0.05) is 11.6 Å². The van der Waals surface area contributed by atoms with Gasteiger partial charge in [-0.25, -0.2) is 9.07 Å². The minimum absolute atomic E-state index is 0.0339. The Balaban J connectivity index is 1.64. The van der Waals surface area contributed by atoms with Crippen molar-refractivity contribution >= 4 is 28.5 Å². The zero-order chi connectivity index (χ0) is 27.4. The van der Waals surface area contributed by atoms with E-state index in [1.165, 1.54) is 42.0 Å². The van der Waals surface area contributed by atoms with Gasteiger partial charge in [-0.1, -0.05) is 42.3 Å². The van der Waals surface area contributed by atoms with Crippen molar-refractivity contribution < 1.29 is 23.5 Å². The first-order valence-corrected chi connectivity index (χ1v) is 12.9. The fraction of sp³-hybridized carbons (Fsp3) is 0.310. The van der Waals surface area contributed by atoms with Crippen LogP contribution in [0.1, 0.15) is 37.3 Å². The van der Waals surface area contributed by atoms with Crippen LogP contribution in [0.3, 0.4) is 0 Å². The third-order valence-electron chi connectivity index (χ3n) is 7.03. The second-order valence-corrected chi connectivity index (χ2v) is 9.45. The summed E-state index contributed by atoms with van der Waals surface area (Å²) in [5.74, 6) is -0.800. The second kappa shape index (κ2) is 11.5. The number of amides is 2. The molecular weight excluding hydrogens is 501 g/mol. The Morgan fingerprint density at radius 3 is 2.54 bits per heavy atom. The van der Waals surface area contributed by atoms with E-state index in [0.29, 0.717) is 28.1 Å². The number of carbonyl (C=O) groups is 2. The molecule has 1 aliphatic carbocycles. The van der Waals surface area contributed by atoms with Gasteiger partial charge in [-0.3, -0.25) is 14.5 Å².